The Morgan fingerprint density at radius 1 is 1.40 bits per heavy atom. The van der Waals surface area contributed by atoms with Crippen LogP contribution in [0.5, 0.6) is 0 Å². The predicted octanol–water partition coefficient (Wildman–Crippen LogP) is 2.57. The van der Waals surface area contributed by atoms with Crippen molar-refractivity contribution in [1.82, 2.24) is 5.32 Å². The molecule has 15 heavy (non-hydrogen) atoms. The van der Waals surface area contributed by atoms with Gasteiger partial charge in [-0.05, 0) is 11.1 Å². The molecule has 0 spiro atoms. The first-order valence-electron chi connectivity index (χ1n) is 4.78. The van der Waals surface area contributed by atoms with Crippen LogP contribution < -0.4 is 5.32 Å². The molecule has 0 aromatic heterocycles. The molecule has 0 saturated heterocycles. The monoisotopic (exact) mass is 223 g/mol. The van der Waals surface area contributed by atoms with Crippen molar-refractivity contribution < 1.29 is 4.79 Å². The van der Waals surface area contributed by atoms with E-state index in [0.29, 0.717) is 12.4 Å². The Kier molecular flexibility index (Phi) is 4.91. The molecule has 3 heteroatoms. The van der Waals surface area contributed by atoms with E-state index in [2.05, 4.69) is 5.32 Å². The lowest BCUT2D eigenvalue weighted by Gasteiger charge is -1.97. The number of rotatable bonds is 4. The fraction of sp³-hybridized carbons (Fsp3) is 0.250. The molecule has 1 amide bonds. The van der Waals surface area contributed by atoms with Gasteiger partial charge in [-0.25, -0.2) is 0 Å². The zero-order chi connectivity index (χ0) is 11.1. The van der Waals surface area contributed by atoms with Gasteiger partial charge < -0.3 is 5.32 Å². The summed E-state index contributed by atoms with van der Waals surface area (Å²) in [5, 5.41) is 2.69. The van der Waals surface area contributed by atoms with Crippen LogP contribution in [0.15, 0.2) is 30.3 Å². The van der Waals surface area contributed by atoms with Crippen molar-refractivity contribution in [1.29, 1.82) is 0 Å². The highest BCUT2D eigenvalue weighted by Crippen LogP contribution is 2.07. The molecule has 0 atom stereocenters. The Labute approximate surface area is 94.9 Å². The van der Waals surface area contributed by atoms with Crippen LogP contribution in [0.3, 0.4) is 0 Å². The van der Waals surface area contributed by atoms with E-state index in [4.69, 9.17) is 11.6 Å². The predicted molar refractivity (Wildman–Crippen MR) is 63.7 cm³/mol. The zero-order valence-corrected chi connectivity index (χ0v) is 9.42. The van der Waals surface area contributed by atoms with E-state index < -0.39 is 0 Å². The second-order valence-electron chi connectivity index (χ2n) is 3.21. The smallest absolute Gasteiger partial charge is 0.217 e. The molecular formula is C12H14ClNO. The minimum absolute atomic E-state index is 0.0165. The van der Waals surface area contributed by atoms with Crippen molar-refractivity contribution in [2.24, 2.45) is 0 Å². The van der Waals surface area contributed by atoms with E-state index in [1.54, 1.807) is 0 Å². The lowest BCUT2D eigenvalue weighted by atomic mass is 10.1. The molecule has 0 saturated carbocycles. The SMILES string of the molecule is CC(=O)NCC=Cc1ccc(CCl)cc1. The molecule has 1 aromatic carbocycles. The van der Waals surface area contributed by atoms with Crippen LogP contribution in [-0.4, -0.2) is 12.5 Å². The molecule has 0 radical (unpaired) electrons. The summed E-state index contributed by atoms with van der Waals surface area (Å²) in [6, 6.07) is 7.99. The van der Waals surface area contributed by atoms with Gasteiger partial charge in [0.15, 0.2) is 0 Å². The zero-order valence-electron chi connectivity index (χ0n) is 8.66. The fourth-order valence-electron chi connectivity index (χ4n) is 1.12. The molecule has 2 nitrogen and oxygen atoms in total. The molecule has 0 aliphatic heterocycles. The number of benzene rings is 1. The Morgan fingerprint density at radius 3 is 2.60 bits per heavy atom. The van der Waals surface area contributed by atoms with Crippen molar-refractivity contribution in [3.8, 4) is 0 Å². The summed E-state index contributed by atoms with van der Waals surface area (Å²) in [7, 11) is 0. The third-order valence-electron chi connectivity index (χ3n) is 1.91. The van der Waals surface area contributed by atoms with Crippen LogP contribution in [0, 0.1) is 0 Å². The topological polar surface area (TPSA) is 29.1 Å². The van der Waals surface area contributed by atoms with Crippen molar-refractivity contribution in [3.63, 3.8) is 0 Å². The molecule has 1 N–H and O–H groups in total. The summed E-state index contributed by atoms with van der Waals surface area (Å²) in [6.07, 6.45) is 3.88. The normalized spacial score (nSPS) is 10.5. The first-order chi connectivity index (χ1) is 7.22. The summed E-state index contributed by atoms with van der Waals surface area (Å²) in [5.41, 5.74) is 2.21. The summed E-state index contributed by atoms with van der Waals surface area (Å²) < 4.78 is 0. The Balaban J connectivity index is 2.46. The average Bonchev–Trinajstić information content (AvgIpc) is 2.25. The highest BCUT2D eigenvalue weighted by molar-refractivity contribution is 6.17. The quantitative estimate of drug-likeness (QED) is 0.782. The molecule has 80 valence electrons. The number of halogens is 1. The molecule has 0 bridgehead atoms. The number of hydrogen-bond acceptors (Lipinski definition) is 1. The van der Waals surface area contributed by atoms with E-state index in [1.807, 2.05) is 36.4 Å². The highest BCUT2D eigenvalue weighted by atomic mass is 35.5. The van der Waals surface area contributed by atoms with Crippen LogP contribution in [0.25, 0.3) is 6.08 Å². The molecule has 0 aliphatic carbocycles. The van der Waals surface area contributed by atoms with Crippen LogP contribution in [0.4, 0.5) is 0 Å². The van der Waals surface area contributed by atoms with E-state index in [9.17, 15) is 4.79 Å². The largest absolute Gasteiger partial charge is 0.353 e. The Morgan fingerprint density at radius 2 is 2.07 bits per heavy atom. The minimum Gasteiger partial charge on any atom is -0.353 e. The van der Waals surface area contributed by atoms with Gasteiger partial charge in [0.2, 0.25) is 5.91 Å². The second kappa shape index (κ2) is 6.25. The van der Waals surface area contributed by atoms with Crippen LogP contribution in [0.1, 0.15) is 18.1 Å². The number of amides is 1. The number of alkyl halides is 1. The highest BCUT2D eigenvalue weighted by Gasteiger charge is 1.90. The van der Waals surface area contributed by atoms with Crippen LogP contribution in [0.2, 0.25) is 0 Å². The summed E-state index contributed by atoms with van der Waals surface area (Å²) in [4.78, 5) is 10.6. The standard InChI is InChI=1S/C12H14ClNO/c1-10(15)14-8-2-3-11-4-6-12(9-13)7-5-11/h2-7H,8-9H2,1H3,(H,14,15). The fourth-order valence-corrected chi connectivity index (χ4v) is 1.29. The first-order valence-corrected chi connectivity index (χ1v) is 5.31. The van der Waals surface area contributed by atoms with Crippen molar-refractivity contribution in [3.05, 3.63) is 41.5 Å². The molecule has 0 heterocycles. The summed E-state index contributed by atoms with van der Waals surface area (Å²) >= 11 is 5.68. The lowest BCUT2D eigenvalue weighted by Crippen LogP contribution is -2.19. The maximum absolute atomic E-state index is 10.6. The first kappa shape index (κ1) is 11.8. The average molecular weight is 224 g/mol. The summed E-state index contributed by atoms with van der Waals surface area (Å²) in [6.45, 7) is 2.07. The van der Waals surface area contributed by atoms with E-state index in [0.717, 1.165) is 11.1 Å². The molecular weight excluding hydrogens is 210 g/mol. The van der Waals surface area contributed by atoms with Gasteiger partial charge in [0.25, 0.3) is 0 Å². The van der Waals surface area contributed by atoms with Crippen molar-refractivity contribution in [2.75, 3.05) is 6.54 Å². The van der Waals surface area contributed by atoms with Gasteiger partial charge in [-0.1, -0.05) is 36.4 Å². The minimum atomic E-state index is -0.0165. The van der Waals surface area contributed by atoms with Gasteiger partial charge in [-0.15, -0.1) is 11.6 Å². The van der Waals surface area contributed by atoms with Gasteiger partial charge in [0.05, 0.1) is 0 Å². The number of nitrogens with one attached hydrogen (secondary N) is 1. The van der Waals surface area contributed by atoms with Gasteiger partial charge in [-0.2, -0.15) is 0 Å². The van der Waals surface area contributed by atoms with Crippen molar-refractivity contribution >= 4 is 23.6 Å². The van der Waals surface area contributed by atoms with E-state index >= 15 is 0 Å². The third-order valence-corrected chi connectivity index (χ3v) is 2.22. The van der Waals surface area contributed by atoms with Gasteiger partial charge in [0, 0.05) is 19.3 Å². The molecule has 1 aromatic rings. The van der Waals surface area contributed by atoms with Crippen LogP contribution in [-0.2, 0) is 10.7 Å². The number of carbonyl (C=O) groups is 1. The maximum atomic E-state index is 10.6. The molecule has 0 fully saturated rings. The van der Waals surface area contributed by atoms with Gasteiger partial charge in [-0.3, -0.25) is 4.79 Å². The maximum Gasteiger partial charge on any atom is 0.217 e. The van der Waals surface area contributed by atoms with E-state index in [1.165, 1.54) is 6.92 Å². The number of carbonyl (C=O) groups excluding carboxylic acids is 1. The van der Waals surface area contributed by atoms with Gasteiger partial charge >= 0.3 is 0 Å². The molecule has 1 rings (SSSR count). The Hall–Kier alpha value is -1.28. The summed E-state index contributed by atoms with van der Waals surface area (Å²) in [5.74, 6) is 0.521. The molecule has 0 unspecified atom stereocenters. The number of hydrogen-bond donors (Lipinski definition) is 1. The van der Waals surface area contributed by atoms with Crippen molar-refractivity contribution in [2.45, 2.75) is 12.8 Å². The Bertz CT molecular complexity index is 343. The third kappa shape index (κ3) is 4.66. The lowest BCUT2D eigenvalue weighted by molar-refractivity contribution is -0.118. The van der Waals surface area contributed by atoms with Crippen LogP contribution >= 0.6 is 11.6 Å². The van der Waals surface area contributed by atoms with E-state index in [-0.39, 0.29) is 5.91 Å². The second-order valence-corrected chi connectivity index (χ2v) is 3.48. The van der Waals surface area contributed by atoms with Gasteiger partial charge in [0.1, 0.15) is 0 Å². The molecule has 0 aliphatic rings.